The van der Waals surface area contributed by atoms with Gasteiger partial charge in [-0.2, -0.15) is 0 Å². The highest BCUT2D eigenvalue weighted by atomic mass is 19.3. The van der Waals surface area contributed by atoms with Crippen LogP contribution in [0.5, 0.6) is 0 Å². The summed E-state index contributed by atoms with van der Waals surface area (Å²) < 4.78 is 28.0. The number of amides is 1. The van der Waals surface area contributed by atoms with Crippen LogP contribution in [0.15, 0.2) is 0 Å². The number of alkyl halides is 2. The van der Waals surface area contributed by atoms with Crippen molar-refractivity contribution in [1.29, 1.82) is 0 Å². The molecule has 15 heavy (non-hydrogen) atoms. The summed E-state index contributed by atoms with van der Waals surface area (Å²) in [6.07, 6.45) is -1.51. The highest BCUT2D eigenvalue weighted by Gasteiger charge is 2.22. The zero-order valence-corrected chi connectivity index (χ0v) is 8.49. The summed E-state index contributed by atoms with van der Waals surface area (Å²) in [5, 5.41) is 0. The van der Waals surface area contributed by atoms with Gasteiger partial charge in [-0.3, -0.25) is 4.79 Å². The first-order valence-corrected chi connectivity index (χ1v) is 4.99. The average molecular weight is 222 g/mol. The van der Waals surface area contributed by atoms with E-state index in [2.05, 4.69) is 4.74 Å². The van der Waals surface area contributed by atoms with Crippen LogP contribution in [-0.2, 0) is 9.53 Å². The maximum absolute atomic E-state index is 11.7. The van der Waals surface area contributed by atoms with Gasteiger partial charge in [0, 0.05) is 19.1 Å². The fourth-order valence-electron chi connectivity index (χ4n) is 1.50. The van der Waals surface area contributed by atoms with Crippen LogP contribution >= 0.6 is 0 Å². The minimum absolute atomic E-state index is 0.0505. The van der Waals surface area contributed by atoms with Crippen LogP contribution in [0.1, 0.15) is 12.8 Å². The second-order valence-corrected chi connectivity index (χ2v) is 3.60. The zero-order valence-electron chi connectivity index (χ0n) is 8.49. The van der Waals surface area contributed by atoms with Gasteiger partial charge in [0.05, 0.1) is 13.0 Å². The molecule has 0 aromatic heterocycles. The maximum atomic E-state index is 11.7. The molecule has 0 aromatic carbocycles. The second kappa shape index (κ2) is 5.97. The topological polar surface area (TPSA) is 55.6 Å². The van der Waals surface area contributed by atoms with Gasteiger partial charge >= 0.3 is 0 Å². The fraction of sp³-hybridized carbons (Fsp3) is 0.889. The third-order valence-corrected chi connectivity index (χ3v) is 2.28. The van der Waals surface area contributed by atoms with Crippen LogP contribution in [0.25, 0.3) is 0 Å². The summed E-state index contributed by atoms with van der Waals surface area (Å²) in [6.45, 7) is 0.671. The van der Waals surface area contributed by atoms with Gasteiger partial charge in [-0.05, 0) is 6.42 Å². The molecule has 2 N–H and O–H groups in total. The monoisotopic (exact) mass is 222 g/mol. The van der Waals surface area contributed by atoms with Crippen molar-refractivity contribution in [3.05, 3.63) is 0 Å². The van der Waals surface area contributed by atoms with Crippen LogP contribution in [-0.4, -0.2) is 49.6 Å². The van der Waals surface area contributed by atoms with E-state index < -0.39 is 13.0 Å². The normalized spacial score (nSPS) is 21.3. The average Bonchev–Trinajstić information content (AvgIpc) is 2.59. The number of nitrogens with two attached hydrogens (primary N) is 1. The Kier molecular flexibility index (Phi) is 4.90. The van der Waals surface area contributed by atoms with Crippen molar-refractivity contribution in [1.82, 2.24) is 4.90 Å². The molecule has 1 fully saturated rings. The third kappa shape index (κ3) is 4.53. The molecule has 1 saturated heterocycles. The van der Waals surface area contributed by atoms with Crippen LogP contribution in [0.2, 0.25) is 0 Å². The predicted octanol–water partition coefficient (Wildman–Crippen LogP) is 0.218. The second-order valence-electron chi connectivity index (χ2n) is 3.60. The van der Waals surface area contributed by atoms with E-state index >= 15 is 0 Å². The van der Waals surface area contributed by atoms with Crippen LogP contribution < -0.4 is 5.73 Å². The number of nitrogens with zero attached hydrogens (tertiary/aromatic N) is 1. The van der Waals surface area contributed by atoms with E-state index in [0.29, 0.717) is 13.1 Å². The number of halogens is 2. The van der Waals surface area contributed by atoms with Crippen LogP contribution in [0.4, 0.5) is 8.78 Å². The molecule has 0 saturated carbocycles. The summed E-state index contributed by atoms with van der Waals surface area (Å²) in [5.41, 5.74) is 5.63. The quantitative estimate of drug-likeness (QED) is 0.677. The van der Waals surface area contributed by atoms with Crippen molar-refractivity contribution in [2.75, 3.05) is 26.3 Å². The molecule has 0 aromatic rings. The summed E-state index contributed by atoms with van der Waals surface area (Å²) in [5.74, 6) is -0.0720. The molecule has 0 unspecified atom stereocenters. The number of ether oxygens (including phenoxy) is 1. The molecule has 1 aliphatic heterocycles. The molecule has 0 radical (unpaired) electrons. The summed E-state index contributed by atoms with van der Waals surface area (Å²) >= 11 is 0. The molecule has 88 valence electrons. The highest BCUT2D eigenvalue weighted by molar-refractivity contribution is 5.76. The molecule has 1 amide bonds. The third-order valence-electron chi connectivity index (χ3n) is 2.28. The van der Waals surface area contributed by atoms with Gasteiger partial charge < -0.3 is 15.4 Å². The first-order chi connectivity index (χ1) is 7.09. The van der Waals surface area contributed by atoms with Crippen molar-refractivity contribution < 1.29 is 18.3 Å². The predicted molar refractivity (Wildman–Crippen MR) is 50.6 cm³/mol. The Morgan fingerprint density at radius 1 is 1.60 bits per heavy atom. The van der Waals surface area contributed by atoms with E-state index in [1.54, 1.807) is 4.90 Å². The Morgan fingerprint density at radius 3 is 2.87 bits per heavy atom. The van der Waals surface area contributed by atoms with E-state index in [-0.39, 0.29) is 25.0 Å². The number of rotatable bonds is 5. The van der Waals surface area contributed by atoms with Gasteiger partial charge in [-0.1, -0.05) is 0 Å². The highest BCUT2D eigenvalue weighted by Crippen LogP contribution is 2.08. The molecule has 0 aliphatic carbocycles. The molecule has 1 aliphatic rings. The molecule has 0 spiro atoms. The van der Waals surface area contributed by atoms with Gasteiger partial charge in [0.15, 0.2) is 0 Å². The molecule has 1 atom stereocenters. The summed E-state index contributed by atoms with van der Waals surface area (Å²) in [4.78, 5) is 13.1. The Labute approximate surface area is 87.4 Å². The van der Waals surface area contributed by atoms with Crippen molar-refractivity contribution >= 4 is 5.91 Å². The minimum Gasteiger partial charge on any atom is -0.375 e. The maximum Gasteiger partial charge on any atom is 0.261 e. The lowest BCUT2D eigenvalue weighted by Gasteiger charge is -2.15. The Hall–Kier alpha value is -0.750. The first-order valence-electron chi connectivity index (χ1n) is 4.99. The number of hydrogen-bond donors (Lipinski definition) is 1. The molecule has 0 bridgehead atoms. The van der Waals surface area contributed by atoms with Crippen molar-refractivity contribution in [3.63, 3.8) is 0 Å². The van der Waals surface area contributed by atoms with E-state index in [9.17, 15) is 13.6 Å². The summed E-state index contributed by atoms with van der Waals surface area (Å²) in [7, 11) is 0. The Balaban J connectivity index is 2.08. The number of hydrogen-bond acceptors (Lipinski definition) is 3. The molecule has 1 rings (SSSR count). The molecule has 6 heteroatoms. The smallest absolute Gasteiger partial charge is 0.261 e. The minimum atomic E-state index is -2.47. The molecule has 4 nitrogen and oxygen atoms in total. The van der Waals surface area contributed by atoms with E-state index in [4.69, 9.17) is 5.73 Å². The molecule has 1 heterocycles. The van der Waals surface area contributed by atoms with Gasteiger partial charge in [-0.25, -0.2) is 8.78 Å². The molecular formula is C9H16F2N2O2. The SMILES string of the molecule is N[C@H]1CCN(C(=O)CCOCC(F)F)C1. The van der Waals surface area contributed by atoms with Gasteiger partial charge in [0.25, 0.3) is 6.43 Å². The zero-order chi connectivity index (χ0) is 11.3. The Morgan fingerprint density at radius 2 is 2.33 bits per heavy atom. The lowest BCUT2D eigenvalue weighted by molar-refractivity contribution is -0.131. The standard InChI is InChI=1S/C9H16F2N2O2/c10-8(11)6-15-4-2-9(14)13-3-1-7(12)5-13/h7-8H,1-6,12H2/t7-/m0/s1. The van der Waals surface area contributed by atoms with Crippen LogP contribution in [0, 0.1) is 0 Å². The molecular weight excluding hydrogens is 206 g/mol. The van der Waals surface area contributed by atoms with Crippen LogP contribution in [0.3, 0.4) is 0 Å². The Bertz CT molecular complexity index is 214. The number of carbonyl (C=O) groups excluding carboxylic acids is 1. The van der Waals surface area contributed by atoms with Crippen molar-refractivity contribution in [2.45, 2.75) is 25.3 Å². The van der Waals surface area contributed by atoms with Crippen molar-refractivity contribution in [2.24, 2.45) is 5.73 Å². The number of carbonyl (C=O) groups is 1. The van der Waals surface area contributed by atoms with Gasteiger partial charge in [0.1, 0.15) is 6.61 Å². The van der Waals surface area contributed by atoms with E-state index in [1.807, 2.05) is 0 Å². The first kappa shape index (κ1) is 12.3. The lowest BCUT2D eigenvalue weighted by Crippen LogP contribution is -2.32. The van der Waals surface area contributed by atoms with E-state index in [1.165, 1.54) is 0 Å². The van der Waals surface area contributed by atoms with E-state index in [0.717, 1.165) is 6.42 Å². The van der Waals surface area contributed by atoms with Gasteiger partial charge in [0.2, 0.25) is 5.91 Å². The number of likely N-dealkylation sites (tertiary alicyclic amines) is 1. The van der Waals surface area contributed by atoms with Gasteiger partial charge in [-0.15, -0.1) is 0 Å². The van der Waals surface area contributed by atoms with Crippen molar-refractivity contribution in [3.8, 4) is 0 Å². The summed E-state index contributed by atoms with van der Waals surface area (Å²) in [6, 6.07) is 0.0518. The largest absolute Gasteiger partial charge is 0.375 e. The lowest BCUT2D eigenvalue weighted by atomic mass is 10.3. The fourth-order valence-corrected chi connectivity index (χ4v) is 1.50.